The molecule has 0 unspecified atom stereocenters. The van der Waals surface area contributed by atoms with Crippen LogP contribution < -0.4 is 5.73 Å². The van der Waals surface area contributed by atoms with Crippen LogP contribution in [0.1, 0.15) is 36.1 Å². The number of nitrogens with two attached hydrogens (primary N) is 1. The van der Waals surface area contributed by atoms with E-state index in [1.54, 1.807) is 0 Å². The fourth-order valence-electron chi connectivity index (χ4n) is 2.94. The molecule has 0 bridgehead atoms. The predicted octanol–water partition coefficient (Wildman–Crippen LogP) is 6.01. The molecule has 0 amide bonds. The molecule has 3 aromatic carbocycles. The van der Waals surface area contributed by atoms with Gasteiger partial charge in [0.05, 0.1) is 5.70 Å². The minimum absolute atomic E-state index is 0.570. The second-order valence-corrected chi connectivity index (χ2v) is 6.51. The normalized spacial score (nSPS) is 12.4. The maximum atomic E-state index is 5.77. The molecule has 0 aliphatic heterocycles. The molecule has 0 fully saturated rings. The highest BCUT2D eigenvalue weighted by Crippen LogP contribution is 2.28. The van der Waals surface area contributed by atoms with Crippen LogP contribution in [0.4, 0.5) is 0 Å². The van der Waals surface area contributed by atoms with Gasteiger partial charge >= 0.3 is 0 Å². The van der Waals surface area contributed by atoms with Gasteiger partial charge in [-0.05, 0) is 36.1 Å². The predicted molar refractivity (Wildman–Crippen MR) is 117 cm³/mol. The lowest BCUT2D eigenvalue weighted by molar-refractivity contribution is 1.44. The molecule has 0 aliphatic carbocycles. The minimum atomic E-state index is 0.570. The van der Waals surface area contributed by atoms with E-state index in [1.807, 2.05) is 55.5 Å². The zero-order valence-electron chi connectivity index (χ0n) is 15.8. The van der Waals surface area contributed by atoms with Gasteiger partial charge < -0.3 is 5.73 Å². The van der Waals surface area contributed by atoms with Gasteiger partial charge in [-0.2, -0.15) is 0 Å². The fourth-order valence-corrected chi connectivity index (χ4v) is 2.94. The summed E-state index contributed by atoms with van der Waals surface area (Å²) in [7, 11) is 0. The van der Waals surface area contributed by atoms with Crippen molar-refractivity contribution >= 4 is 22.7 Å². The Labute approximate surface area is 161 Å². The van der Waals surface area contributed by atoms with E-state index >= 15 is 0 Å². The standard InChI is InChI=1S/C25H24N2/c1-18(21-10-6-4-7-11-21)25(24-12-8-5-9-13-24)27-20(3)23-16-14-22(15-17-23)19(2)26/h4-17H,2,26H2,1,3H3/b25-18+,27-20?. The van der Waals surface area contributed by atoms with Crippen molar-refractivity contribution in [3.8, 4) is 0 Å². The Hall–Kier alpha value is -3.39. The topological polar surface area (TPSA) is 38.4 Å². The number of rotatable bonds is 5. The summed E-state index contributed by atoms with van der Waals surface area (Å²) >= 11 is 0. The van der Waals surface area contributed by atoms with Crippen molar-refractivity contribution in [2.45, 2.75) is 13.8 Å². The van der Waals surface area contributed by atoms with Gasteiger partial charge in [0.15, 0.2) is 0 Å². The summed E-state index contributed by atoms with van der Waals surface area (Å²) in [6.07, 6.45) is 0. The van der Waals surface area contributed by atoms with Crippen LogP contribution in [0, 0.1) is 0 Å². The monoisotopic (exact) mass is 352 g/mol. The van der Waals surface area contributed by atoms with Crippen molar-refractivity contribution in [2.24, 2.45) is 10.7 Å². The minimum Gasteiger partial charge on any atom is -0.399 e. The van der Waals surface area contributed by atoms with Gasteiger partial charge in [0.2, 0.25) is 0 Å². The van der Waals surface area contributed by atoms with Crippen molar-refractivity contribution in [1.29, 1.82) is 0 Å². The first-order valence-electron chi connectivity index (χ1n) is 8.98. The summed E-state index contributed by atoms with van der Waals surface area (Å²) in [5.74, 6) is 0. The van der Waals surface area contributed by atoms with Crippen molar-refractivity contribution < 1.29 is 0 Å². The lowest BCUT2D eigenvalue weighted by Crippen LogP contribution is -1.99. The molecule has 2 heteroatoms. The summed E-state index contributed by atoms with van der Waals surface area (Å²) < 4.78 is 0. The molecule has 134 valence electrons. The highest BCUT2D eigenvalue weighted by molar-refractivity contribution is 6.04. The smallest absolute Gasteiger partial charge is 0.0740 e. The van der Waals surface area contributed by atoms with Gasteiger partial charge in [0.1, 0.15) is 0 Å². The maximum absolute atomic E-state index is 5.77. The Balaban J connectivity index is 2.08. The molecule has 0 radical (unpaired) electrons. The first-order valence-corrected chi connectivity index (χ1v) is 8.98. The third-order valence-electron chi connectivity index (χ3n) is 4.56. The molecule has 27 heavy (non-hydrogen) atoms. The summed E-state index contributed by atoms with van der Waals surface area (Å²) in [6.45, 7) is 7.94. The number of hydrogen-bond donors (Lipinski definition) is 1. The number of hydrogen-bond acceptors (Lipinski definition) is 2. The van der Waals surface area contributed by atoms with Gasteiger partial charge in [0.25, 0.3) is 0 Å². The van der Waals surface area contributed by atoms with Gasteiger partial charge in [0, 0.05) is 17.0 Å². The van der Waals surface area contributed by atoms with Crippen molar-refractivity contribution in [2.75, 3.05) is 0 Å². The summed E-state index contributed by atoms with van der Waals surface area (Å²) in [5, 5.41) is 0. The molecule has 3 rings (SSSR count). The third-order valence-corrected chi connectivity index (χ3v) is 4.56. The first-order chi connectivity index (χ1) is 13.1. The van der Waals surface area contributed by atoms with Crippen molar-refractivity contribution in [3.05, 3.63) is 114 Å². The van der Waals surface area contributed by atoms with Crippen molar-refractivity contribution in [1.82, 2.24) is 0 Å². The van der Waals surface area contributed by atoms with Crippen LogP contribution in [0.5, 0.6) is 0 Å². The van der Waals surface area contributed by atoms with Crippen LogP contribution >= 0.6 is 0 Å². The largest absolute Gasteiger partial charge is 0.399 e. The van der Waals surface area contributed by atoms with E-state index in [4.69, 9.17) is 10.7 Å². The quantitative estimate of drug-likeness (QED) is 0.443. The van der Waals surface area contributed by atoms with Gasteiger partial charge in [-0.3, -0.25) is 4.99 Å². The summed E-state index contributed by atoms with van der Waals surface area (Å²) in [5.41, 5.74) is 13.7. The van der Waals surface area contributed by atoms with E-state index in [1.165, 1.54) is 5.56 Å². The van der Waals surface area contributed by atoms with E-state index in [9.17, 15) is 0 Å². The molecule has 0 atom stereocenters. The van der Waals surface area contributed by atoms with E-state index in [0.717, 1.165) is 33.7 Å². The van der Waals surface area contributed by atoms with Crippen LogP contribution in [0.2, 0.25) is 0 Å². The fraction of sp³-hybridized carbons (Fsp3) is 0.0800. The molecule has 3 aromatic rings. The van der Waals surface area contributed by atoms with Crippen LogP contribution in [-0.4, -0.2) is 5.71 Å². The van der Waals surface area contributed by atoms with E-state index < -0.39 is 0 Å². The molecule has 0 saturated heterocycles. The first kappa shape index (κ1) is 18.4. The summed E-state index contributed by atoms with van der Waals surface area (Å²) in [4.78, 5) is 5.01. The van der Waals surface area contributed by atoms with Gasteiger partial charge in [-0.25, -0.2) is 0 Å². The molecule has 0 heterocycles. The SMILES string of the molecule is C=C(N)c1ccc(C(C)=N/C(=C(\C)c2ccccc2)c2ccccc2)cc1. The highest BCUT2D eigenvalue weighted by atomic mass is 14.8. The second kappa shape index (κ2) is 8.33. The Morgan fingerprint density at radius 3 is 1.67 bits per heavy atom. The second-order valence-electron chi connectivity index (χ2n) is 6.51. The average molecular weight is 352 g/mol. The lowest BCUT2D eigenvalue weighted by Gasteiger charge is -2.11. The zero-order valence-corrected chi connectivity index (χ0v) is 15.8. The Morgan fingerprint density at radius 2 is 1.15 bits per heavy atom. The number of aliphatic imine (C=N–C) groups is 1. The Morgan fingerprint density at radius 1 is 0.667 bits per heavy atom. The molecule has 2 N–H and O–H groups in total. The van der Waals surface area contributed by atoms with Crippen LogP contribution in [0.3, 0.4) is 0 Å². The van der Waals surface area contributed by atoms with Crippen molar-refractivity contribution in [3.63, 3.8) is 0 Å². The van der Waals surface area contributed by atoms with E-state index in [0.29, 0.717) is 5.70 Å². The van der Waals surface area contributed by atoms with E-state index in [-0.39, 0.29) is 0 Å². The maximum Gasteiger partial charge on any atom is 0.0740 e. The van der Waals surface area contributed by atoms with Crippen LogP contribution in [-0.2, 0) is 0 Å². The molecule has 2 nitrogen and oxygen atoms in total. The van der Waals surface area contributed by atoms with E-state index in [2.05, 4.69) is 49.9 Å². The van der Waals surface area contributed by atoms with Crippen LogP contribution in [0.25, 0.3) is 17.0 Å². The molecule has 0 spiro atoms. The average Bonchev–Trinajstić information content (AvgIpc) is 2.72. The summed E-state index contributed by atoms with van der Waals surface area (Å²) in [6, 6.07) is 28.7. The molecular weight excluding hydrogens is 328 g/mol. The van der Waals surface area contributed by atoms with Gasteiger partial charge in [-0.15, -0.1) is 0 Å². The zero-order chi connectivity index (χ0) is 19.2. The number of nitrogens with zero attached hydrogens (tertiary/aromatic N) is 1. The lowest BCUT2D eigenvalue weighted by atomic mass is 10.0. The number of allylic oxidation sites excluding steroid dienone is 1. The van der Waals surface area contributed by atoms with Gasteiger partial charge in [-0.1, -0.05) is 91.5 Å². The molecule has 0 aliphatic rings. The molecule has 0 aromatic heterocycles. The molecule has 0 saturated carbocycles. The Kier molecular flexibility index (Phi) is 5.68. The van der Waals surface area contributed by atoms with Crippen LogP contribution in [0.15, 0.2) is 96.5 Å². The number of benzene rings is 3. The Bertz CT molecular complexity index is 980. The molecular formula is C25H24N2. The third kappa shape index (κ3) is 4.42. The highest BCUT2D eigenvalue weighted by Gasteiger charge is 2.08.